The van der Waals surface area contributed by atoms with Crippen molar-refractivity contribution >= 4 is 5.91 Å². The zero-order valence-electron chi connectivity index (χ0n) is 10.7. The van der Waals surface area contributed by atoms with Gasteiger partial charge in [0.25, 0.3) is 0 Å². The van der Waals surface area contributed by atoms with E-state index in [0.29, 0.717) is 19.1 Å². The fourth-order valence-electron chi connectivity index (χ4n) is 2.05. The summed E-state index contributed by atoms with van der Waals surface area (Å²) < 4.78 is 5.05. The molecule has 0 spiro atoms. The molecule has 0 saturated carbocycles. The Morgan fingerprint density at radius 1 is 1.56 bits per heavy atom. The number of carbonyl (C=O) groups excluding carboxylic acids is 1. The fraction of sp³-hybridized carbons (Fsp3) is 0.917. The lowest BCUT2D eigenvalue weighted by atomic mass is 10.1. The maximum atomic E-state index is 12.2. The molecule has 1 aliphatic rings. The molecule has 0 aliphatic carbocycles. The van der Waals surface area contributed by atoms with Crippen molar-refractivity contribution in [3.05, 3.63) is 0 Å². The number of amides is 1. The summed E-state index contributed by atoms with van der Waals surface area (Å²) >= 11 is 0. The summed E-state index contributed by atoms with van der Waals surface area (Å²) in [5.74, 6) is 0.741. The van der Waals surface area contributed by atoms with Gasteiger partial charge in [0.1, 0.15) is 0 Å². The van der Waals surface area contributed by atoms with Crippen LogP contribution < -0.4 is 5.32 Å². The molecule has 0 aromatic carbocycles. The zero-order valence-corrected chi connectivity index (χ0v) is 10.7. The number of nitrogens with one attached hydrogen (secondary N) is 1. The predicted molar refractivity (Wildman–Crippen MR) is 64.3 cm³/mol. The number of hydrogen-bond acceptors (Lipinski definition) is 3. The number of methoxy groups -OCH3 is 1. The van der Waals surface area contributed by atoms with Crippen LogP contribution in [0.15, 0.2) is 0 Å². The Hall–Kier alpha value is -0.610. The molecule has 0 bridgehead atoms. The van der Waals surface area contributed by atoms with Crippen LogP contribution in [-0.4, -0.2) is 50.2 Å². The van der Waals surface area contributed by atoms with E-state index in [4.69, 9.17) is 4.74 Å². The first kappa shape index (κ1) is 13.5. The molecule has 0 radical (unpaired) electrons. The van der Waals surface area contributed by atoms with E-state index in [1.807, 2.05) is 4.90 Å². The van der Waals surface area contributed by atoms with Gasteiger partial charge in [0.05, 0.1) is 12.6 Å². The highest BCUT2D eigenvalue weighted by molar-refractivity contribution is 5.82. The molecule has 1 saturated heterocycles. The van der Waals surface area contributed by atoms with Crippen LogP contribution in [0.25, 0.3) is 0 Å². The molecule has 1 rings (SSSR count). The van der Waals surface area contributed by atoms with Gasteiger partial charge in [-0.2, -0.15) is 0 Å². The largest absolute Gasteiger partial charge is 0.383 e. The van der Waals surface area contributed by atoms with Crippen molar-refractivity contribution in [1.29, 1.82) is 0 Å². The number of rotatable bonds is 6. The average Bonchev–Trinajstić information content (AvgIpc) is 2.76. The summed E-state index contributed by atoms with van der Waals surface area (Å²) in [7, 11) is 1.67. The van der Waals surface area contributed by atoms with Gasteiger partial charge in [-0.3, -0.25) is 4.79 Å². The smallest absolute Gasteiger partial charge is 0.239 e. The van der Waals surface area contributed by atoms with E-state index >= 15 is 0 Å². The van der Waals surface area contributed by atoms with Crippen LogP contribution in [0.4, 0.5) is 0 Å². The highest BCUT2D eigenvalue weighted by atomic mass is 16.5. The minimum Gasteiger partial charge on any atom is -0.383 e. The van der Waals surface area contributed by atoms with Crippen molar-refractivity contribution < 1.29 is 9.53 Å². The van der Waals surface area contributed by atoms with E-state index in [1.165, 1.54) is 0 Å². The number of carbonyl (C=O) groups is 1. The highest BCUT2D eigenvalue weighted by Gasteiger charge is 2.26. The first-order chi connectivity index (χ1) is 7.65. The van der Waals surface area contributed by atoms with Gasteiger partial charge in [0, 0.05) is 20.2 Å². The van der Waals surface area contributed by atoms with Gasteiger partial charge in [-0.1, -0.05) is 13.8 Å². The first-order valence-corrected chi connectivity index (χ1v) is 6.16. The normalized spacial score (nSPS) is 20.4. The number of hydrogen-bond donors (Lipinski definition) is 1. The lowest BCUT2D eigenvalue weighted by molar-refractivity contribution is -0.134. The molecular weight excluding hydrogens is 204 g/mol. The van der Waals surface area contributed by atoms with E-state index in [-0.39, 0.29) is 11.9 Å². The summed E-state index contributed by atoms with van der Waals surface area (Å²) in [6.45, 7) is 7.37. The van der Waals surface area contributed by atoms with Gasteiger partial charge in [-0.15, -0.1) is 0 Å². The molecule has 0 unspecified atom stereocenters. The quantitative estimate of drug-likeness (QED) is 0.733. The lowest BCUT2D eigenvalue weighted by Gasteiger charge is -2.27. The summed E-state index contributed by atoms with van der Waals surface area (Å²) in [5, 5.41) is 3.25. The second-order valence-corrected chi connectivity index (χ2v) is 4.82. The second kappa shape index (κ2) is 6.86. The Kier molecular flexibility index (Phi) is 5.77. The zero-order chi connectivity index (χ0) is 12.0. The van der Waals surface area contributed by atoms with Crippen LogP contribution in [0.1, 0.15) is 26.7 Å². The van der Waals surface area contributed by atoms with Crippen molar-refractivity contribution in [2.75, 3.05) is 33.4 Å². The first-order valence-electron chi connectivity index (χ1n) is 6.16. The minimum atomic E-state index is 0.0376. The van der Waals surface area contributed by atoms with Crippen LogP contribution in [0, 0.1) is 5.92 Å². The Bertz CT molecular complexity index is 213. The second-order valence-electron chi connectivity index (χ2n) is 4.82. The van der Waals surface area contributed by atoms with Gasteiger partial charge in [0.15, 0.2) is 0 Å². The van der Waals surface area contributed by atoms with Crippen LogP contribution in [0.2, 0.25) is 0 Å². The van der Waals surface area contributed by atoms with Crippen LogP contribution in [0.5, 0.6) is 0 Å². The molecule has 1 heterocycles. The van der Waals surface area contributed by atoms with Crippen LogP contribution in [0.3, 0.4) is 0 Å². The maximum Gasteiger partial charge on any atom is 0.239 e. The third kappa shape index (κ3) is 4.10. The molecule has 4 nitrogen and oxygen atoms in total. The third-order valence-electron chi connectivity index (χ3n) is 2.82. The van der Waals surface area contributed by atoms with Crippen LogP contribution >= 0.6 is 0 Å². The van der Waals surface area contributed by atoms with Crippen LogP contribution in [-0.2, 0) is 9.53 Å². The SMILES string of the molecule is COCCN(CC(C)C)C(=O)[C@@H]1CCCN1. The molecule has 0 aromatic rings. The molecule has 0 aromatic heterocycles. The molecule has 1 amide bonds. The Balaban J connectivity index is 2.48. The average molecular weight is 228 g/mol. The molecular formula is C12H24N2O2. The van der Waals surface area contributed by atoms with Crippen molar-refractivity contribution in [1.82, 2.24) is 10.2 Å². The molecule has 94 valence electrons. The molecule has 4 heteroatoms. The molecule has 1 fully saturated rings. The molecule has 16 heavy (non-hydrogen) atoms. The van der Waals surface area contributed by atoms with E-state index in [1.54, 1.807) is 7.11 Å². The number of ether oxygens (including phenoxy) is 1. The Morgan fingerprint density at radius 2 is 2.31 bits per heavy atom. The maximum absolute atomic E-state index is 12.2. The number of nitrogens with zero attached hydrogens (tertiary/aromatic N) is 1. The minimum absolute atomic E-state index is 0.0376. The van der Waals surface area contributed by atoms with Gasteiger partial charge in [0.2, 0.25) is 5.91 Å². The van der Waals surface area contributed by atoms with Crippen molar-refractivity contribution in [2.24, 2.45) is 5.92 Å². The van der Waals surface area contributed by atoms with Crippen molar-refractivity contribution in [3.63, 3.8) is 0 Å². The monoisotopic (exact) mass is 228 g/mol. The van der Waals surface area contributed by atoms with Crippen molar-refractivity contribution in [2.45, 2.75) is 32.7 Å². The summed E-state index contributed by atoms with van der Waals surface area (Å²) in [6, 6.07) is 0.0376. The summed E-state index contributed by atoms with van der Waals surface area (Å²) in [5.41, 5.74) is 0. The highest BCUT2D eigenvalue weighted by Crippen LogP contribution is 2.10. The van der Waals surface area contributed by atoms with E-state index < -0.39 is 0 Å². The van der Waals surface area contributed by atoms with Gasteiger partial charge >= 0.3 is 0 Å². The van der Waals surface area contributed by atoms with Gasteiger partial charge < -0.3 is 15.0 Å². The topological polar surface area (TPSA) is 41.6 Å². The summed E-state index contributed by atoms with van der Waals surface area (Å²) in [4.78, 5) is 14.1. The fourth-order valence-corrected chi connectivity index (χ4v) is 2.05. The standard InChI is InChI=1S/C12H24N2O2/c1-10(2)9-14(7-8-16-3)12(15)11-5-4-6-13-11/h10-11,13H,4-9H2,1-3H3/t11-/m0/s1. The Labute approximate surface area is 98.3 Å². The Morgan fingerprint density at radius 3 is 2.81 bits per heavy atom. The van der Waals surface area contributed by atoms with Crippen molar-refractivity contribution in [3.8, 4) is 0 Å². The van der Waals surface area contributed by atoms with E-state index in [9.17, 15) is 4.79 Å². The molecule has 1 atom stereocenters. The molecule has 1 N–H and O–H groups in total. The lowest BCUT2D eigenvalue weighted by Crippen LogP contribution is -2.46. The third-order valence-corrected chi connectivity index (χ3v) is 2.82. The van der Waals surface area contributed by atoms with Gasteiger partial charge in [-0.25, -0.2) is 0 Å². The summed E-state index contributed by atoms with van der Waals surface area (Å²) in [6.07, 6.45) is 2.08. The predicted octanol–water partition coefficient (Wildman–Crippen LogP) is 0.869. The van der Waals surface area contributed by atoms with E-state index in [0.717, 1.165) is 25.9 Å². The van der Waals surface area contributed by atoms with E-state index in [2.05, 4.69) is 19.2 Å². The van der Waals surface area contributed by atoms with Gasteiger partial charge in [-0.05, 0) is 25.3 Å². The molecule has 1 aliphatic heterocycles.